The Hall–Kier alpha value is -1.07. The Balaban J connectivity index is 2.08. The standard InChI is InChI=1S/C14H23NO4/c1-13(2,3)19-12(16)15-8-6-7-11-10(15)9-17-14(4,5)18-11/h6-7,10-11H,8-9H2,1-5H3/t10-,11-/m1/s1. The zero-order valence-electron chi connectivity index (χ0n) is 12.3. The van der Waals surface area contributed by atoms with Gasteiger partial charge >= 0.3 is 6.09 Å². The molecule has 1 fully saturated rings. The van der Waals surface area contributed by atoms with Crippen molar-refractivity contribution in [1.82, 2.24) is 4.90 Å². The van der Waals surface area contributed by atoms with E-state index >= 15 is 0 Å². The molecule has 0 N–H and O–H groups in total. The lowest BCUT2D eigenvalue weighted by Crippen LogP contribution is -2.59. The highest BCUT2D eigenvalue weighted by atomic mass is 16.7. The number of fused-ring (bicyclic) bond motifs is 1. The maximum Gasteiger partial charge on any atom is 0.411 e. The lowest BCUT2D eigenvalue weighted by atomic mass is 10.0. The van der Waals surface area contributed by atoms with Crippen molar-refractivity contribution < 1.29 is 19.0 Å². The first-order valence-electron chi connectivity index (χ1n) is 6.66. The van der Waals surface area contributed by atoms with Crippen LogP contribution in [-0.4, -0.2) is 47.7 Å². The molecule has 0 radical (unpaired) electrons. The average Bonchev–Trinajstić information content (AvgIpc) is 2.24. The molecule has 108 valence electrons. The van der Waals surface area contributed by atoms with Gasteiger partial charge in [0, 0.05) is 6.54 Å². The van der Waals surface area contributed by atoms with Gasteiger partial charge in [-0.2, -0.15) is 0 Å². The van der Waals surface area contributed by atoms with E-state index in [1.807, 2.05) is 46.8 Å². The second-order valence-electron chi connectivity index (χ2n) is 6.42. The molecule has 0 spiro atoms. The van der Waals surface area contributed by atoms with Gasteiger partial charge in [0.15, 0.2) is 5.79 Å². The number of carbonyl (C=O) groups excluding carboxylic acids is 1. The van der Waals surface area contributed by atoms with Gasteiger partial charge < -0.3 is 14.2 Å². The maximum absolute atomic E-state index is 12.2. The molecule has 0 aromatic heterocycles. The fraction of sp³-hybridized carbons (Fsp3) is 0.786. The van der Waals surface area contributed by atoms with Crippen LogP contribution < -0.4 is 0 Å². The van der Waals surface area contributed by atoms with Crippen molar-refractivity contribution in [3.8, 4) is 0 Å². The van der Waals surface area contributed by atoms with Gasteiger partial charge in [0.2, 0.25) is 0 Å². The third-order valence-electron chi connectivity index (χ3n) is 3.06. The fourth-order valence-corrected chi connectivity index (χ4v) is 2.23. The zero-order chi connectivity index (χ0) is 14.3. The van der Waals surface area contributed by atoms with Crippen LogP contribution in [0.1, 0.15) is 34.6 Å². The van der Waals surface area contributed by atoms with Crippen LogP contribution in [0.25, 0.3) is 0 Å². The molecule has 2 atom stereocenters. The van der Waals surface area contributed by atoms with E-state index in [0.29, 0.717) is 13.2 Å². The Labute approximate surface area is 114 Å². The molecule has 1 saturated heterocycles. The van der Waals surface area contributed by atoms with E-state index < -0.39 is 11.4 Å². The van der Waals surface area contributed by atoms with Crippen molar-refractivity contribution in [2.24, 2.45) is 0 Å². The van der Waals surface area contributed by atoms with Gasteiger partial charge in [0.25, 0.3) is 0 Å². The summed E-state index contributed by atoms with van der Waals surface area (Å²) >= 11 is 0. The number of nitrogens with zero attached hydrogens (tertiary/aromatic N) is 1. The highest BCUT2D eigenvalue weighted by molar-refractivity contribution is 5.69. The molecular weight excluding hydrogens is 246 g/mol. The van der Waals surface area contributed by atoms with Crippen molar-refractivity contribution in [1.29, 1.82) is 0 Å². The smallest absolute Gasteiger partial charge is 0.411 e. The van der Waals surface area contributed by atoms with E-state index in [1.54, 1.807) is 4.90 Å². The van der Waals surface area contributed by atoms with Crippen molar-refractivity contribution in [2.75, 3.05) is 13.2 Å². The third kappa shape index (κ3) is 3.48. The number of hydrogen-bond donors (Lipinski definition) is 0. The van der Waals surface area contributed by atoms with E-state index in [-0.39, 0.29) is 18.2 Å². The average molecular weight is 269 g/mol. The number of carbonyl (C=O) groups is 1. The summed E-state index contributed by atoms with van der Waals surface area (Å²) in [6.07, 6.45) is 3.48. The molecule has 0 bridgehead atoms. The quantitative estimate of drug-likeness (QED) is 0.633. The van der Waals surface area contributed by atoms with Gasteiger partial charge in [-0.25, -0.2) is 4.79 Å². The Morgan fingerprint density at radius 3 is 2.74 bits per heavy atom. The largest absolute Gasteiger partial charge is 0.444 e. The van der Waals surface area contributed by atoms with Crippen molar-refractivity contribution in [2.45, 2.75) is 58.2 Å². The zero-order valence-corrected chi connectivity index (χ0v) is 12.3. The molecule has 0 unspecified atom stereocenters. The number of ether oxygens (including phenoxy) is 3. The molecule has 0 saturated carbocycles. The van der Waals surface area contributed by atoms with E-state index in [2.05, 4.69) is 0 Å². The number of amides is 1. The van der Waals surface area contributed by atoms with Crippen LogP contribution in [0.15, 0.2) is 12.2 Å². The summed E-state index contributed by atoms with van der Waals surface area (Å²) < 4.78 is 16.9. The molecule has 2 heterocycles. The Morgan fingerprint density at radius 2 is 2.11 bits per heavy atom. The molecule has 0 aromatic carbocycles. The van der Waals surface area contributed by atoms with Gasteiger partial charge in [0.1, 0.15) is 11.7 Å². The van der Waals surface area contributed by atoms with Crippen LogP contribution >= 0.6 is 0 Å². The third-order valence-corrected chi connectivity index (χ3v) is 3.06. The first kappa shape index (κ1) is 14.3. The second kappa shape index (κ2) is 4.80. The van der Waals surface area contributed by atoms with Gasteiger partial charge in [-0.15, -0.1) is 0 Å². The van der Waals surface area contributed by atoms with Crippen molar-refractivity contribution >= 4 is 6.09 Å². The Kier molecular flexibility index (Phi) is 3.62. The van der Waals surface area contributed by atoms with Gasteiger partial charge in [-0.3, -0.25) is 4.90 Å². The molecule has 5 nitrogen and oxygen atoms in total. The predicted molar refractivity (Wildman–Crippen MR) is 70.8 cm³/mol. The van der Waals surface area contributed by atoms with Gasteiger partial charge in [-0.1, -0.05) is 12.2 Å². The van der Waals surface area contributed by atoms with Crippen molar-refractivity contribution in [3.05, 3.63) is 12.2 Å². The van der Waals surface area contributed by atoms with E-state index in [9.17, 15) is 4.79 Å². The number of hydrogen-bond acceptors (Lipinski definition) is 4. The topological polar surface area (TPSA) is 48.0 Å². The summed E-state index contributed by atoms with van der Waals surface area (Å²) in [6.45, 7) is 10.3. The summed E-state index contributed by atoms with van der Waals surface area (Å²) in [5.74, 6) is -0.609. The maximum atomic E-state index is 12.2. The van der Waals surface area contributed by atoms with E-state index in [1.165, 1.54) is 0 Å². The minimum absolute atomic E-state index is 0.118. The SMILES string of the molecule is CC(C)(C)OC(=O)N1CC=C[C@H]2OC(C)(C)OC[C@H]21. The lowest BCUT2D eigenvalue weighted by molar-refractivity contribution is -0.282. The van der Waals surface area contributed by atoms with Crippen LogP contribution in [0.3, 0.4) is 0 Å². The van der Waals surface area contributed by atoms with Crippen LogP contribution in [0.2, 0.25) is 0 Å². The second-order valence-corrected chi connectivity index (χ2v) is 6.42. The van der Waals surface area contributed by atoms with Crippen LogP contribution in [-0.2, 0) is 14.2 Å². The molecule has 1 amide bonds. The molecule has 5 heteroatoms. The van der Waals surface area contributed by atoms with Crippen LogP contribution in [0.5, 0.6) is 0 Å². The van der Waals surface area contributed by atoms with E-state index in [4.69, 9.17) is 14.2 Å². The Morgan fingerprint density at radius 1 is 1.42 bits per heavy atom. The summed E-state index contributed by atoms with van der Waals surface area (Å²) in [7, 11) is 0. The molecular formula is C14H23NO4. The Bertz CT molecular complexity index is 383. The monoisotopic (exact) mass is 269 g/mol. The summed E-state index contributed by atoms with van der Waals surface area (Å²) in [4.78, 5) is 13.9. The fourth-order valence-electron chi connectivity index (χ4n) is 2.23. The number of rotatable bonds is 0. The molecule has 0 aliphatic carbocycles. The minimum Gasteiger partial charge on any atom is -0.444 e. The highest BCUT2D eigenvalue weighted by Gasteiger charge is 2.42. The first-order valence-corrected chi connectivity index (χ1v) is 6.66. The highest BCUT2D eigenvalue weighted by Crippen LogP contribution is 2.29. The van der Waals surface area contributed by atoms with Crippen LogP contribution in [0, 0.1) is 0 Å². The van der Waals surface area contributed by atoms with Crippen LogP contribution in [0.4, 0.5) is 4.79 Å². The van der Waals surface area contributed by atoms with E-state index in [0.717, 1.165) is 0 Å². The molecule has 2 aliphatic heterocycles. The summed E-state index contributed by atoms with van der Waals surface area (Å²) in [5, 5.41) is 0. The lowest BCUT2D eigenvalue weighted by Gasteiger charge is -2.46. The molecule has 2 rings (SSSR count). The van der Waals surface area contributed by atoms with Gasteiger partial charge in [0.05, 0.1) is 12.6 Å². The molecule has 2 aliphatic rings. The molecule has 19 heavy (non-hydrogen) atoms. The summed E-state index contributed by atoms with van der Waals surface area (Å²) in [5.41, 5.74) is -0.497. The molecule has 0 aromatic rings. The van der Waals surface area contributed by atoms with Gasteiger partial charge in [-0.05, 0) is 34.6 Å². The predicted octanol–water partition coefficient (Wildman–Crippen LogP) is 2.31. The minimum atomic E-state index is -0.609. The summed E-state index contributed by atoms with van der Waals surface area (Å²) in [6, 6.07) is -0.118. The normalized spacial score (nSPS) is 29.8. The first-order chi connectivity index (χ1) is 8.68. The van der Waals surface area contributed by atoms with Crippen molar-refractivity contribution in [3.63, 3.8) is 0 Å².